The second kappa shape index (κ2) is 5.68. The first-order valence-electron chi connectivity index (χ1n) is 5.49. The van der Waals surface area contributed by atoms with Gasteiger partial charge in [0.05, 0.1) is 0 Å². The van der Waals surface area contributed by atoms with Gasteiger partial charge in [0.2, 0.25) is 0 Å². The van der Waals surface area contributed by atoms with Crippen molar-refractivity contribution in [1.29, 1.82) is 0 Å². The van der Waals surface area contributed by atoms with Gasteiger partial charge in [0.1, 0.15) is 17.1 Å². The van der Waals surface area contributed by atoms with Crippen molar-refractivity contribution in [3.8, 4) is 5.75 Å². The largest absolute Gasteiger partial charge is 0.535 e. The van der Waals surface area contributed by atoms with Gasteiger partial charge < -0.3 is 14.8 Å². The minimum absolute atomic E-state index is 0.0544. The van der Waals surface area contributed by atoms with E-state index in [0.29, 0.717) is 18.3 Å². The summed E-state index contributed by atoms with van der Waals surface area (Å²) < 4.78 is 18.2. The van der Waals surface area contributed by atoms with E-state index < -0.39 is 24.5 Å². The highest BCUT2D eigenvalue weighted by Gasteiger charge is 2.29. The Morgan fingerprint density at radius 2 is 2.12 bits per heavy atom. The van der Waals surface area contributed by atoms with Crippen molar-refractivity contribution in [3.05, 3.63) is 29.1 Å². The van der Waals surface area contributed by atoms with Gasteiger partial charge in [0.15, 0.2) is 0 Å². The van der Waals surface area contributed by atoms with Crippen LogP contribution in [0.2, 0.25) is 6.32 Å². The number of hydrogen-bond acceptors (Lipinski definition) is 3. The van der Waals surface area contributed by atoms with Crippen LogP contribution in [0, 0.1) is 5.82 Å². The van der Waals surface area contributed by atoms with Crippen molar-refractivity contribution in [3.63, 3.8) is 0 Å². The molecule has 17 heavy (non-hydrogen) atoms. The van der Waals surface area contributed by atoms with Crippen LogP contribution < -0.4 is 4.65 Å². The Labute approximate surface area is 99.2 Å². The molecule has 0 bridgehead atoms. The van der Waals surface area contributed by atoms with E-state index in [0.717, 1.165) is 6.07 Å². The van der Waals surface area contributed by atoms with E-state index in [1.54, 1.807) is 0 Å². The maximum Gasteiger partial charge on any atom is 0.522 e. The number of benzene rings is 1. The third-order valence-corrected chi connectivity index (χ3v) is 2.32. The molecule has 2 rings (SSSR count). The molecule has 2 N–H and O–H groups in total. The first-order chi connectivity index (χ1) is 8.09. The lowest BCUT2D eigenvalue weighted by molar-refractivity contribution is 0.0689. The molecule has 0 saturated heterocycles. The predicted molar refractivity (Wildman–Crippen MR) is 61.8 cm³/mol. The molecule has 0 saturated carbocycles. The standard InChI is InChI=1S/C9H8BFO4.C2H6/c11-6-2-1-5-3-4-10(14)15-8(5)7(6)9(12)13;1-2/h1-2,14H,3-4H2,(H,12,13);1-2H3. The van der Waals surface area contributed by atoms with Gasteiger partial charge in [0, 0.05) is 0 Å². The molecule has 0 spiro atoms. The summed E-state index contributed by atoms with van der Waals surface area (Å²) in [5.41, 5.74) is 0.102. The van der Waals surface area contributed by atoms with Crippen LogP contribution in [-0.2, 0) is 6.42 Å². The van der Waals surface area contributed by atoms with Gasteiger partial charge >= 0.3 is 13.1 Å². The molecule has 0 fully saturated rings. The van der Waals surface area contributed by atoms with E-state index in [1.165, 1.54) is 6.07 Å². The number of carboxylic acid groups (broad SMARTS) is 1. The maximum atomic E-state index is 13.2. The number of fused-ring (bicyclic) bond motifs is 1. The molecule has 0 aromatic heterocycles. The Balaban J connectivity index is 0.000000686. The summed E-state index contributed by atoms with van der Waals surface area (Å²) in [4.78, 5) is 10.8. The average Bonchev–Trinajstić information content (AvgIpc) is 2.30. The van der Waals surface area contributed by atoms with Gasteiger partial charge in [-0.2, -0.15) is 0 Å². The smallest absolute Gasteiger partial charge is 0.522 e. The first-order valence-corrected chi connectivity index (χ1v) is 5.49. The van der Waals surface area contributed by atoms with Gasteiger partial charge in [0.25, 0.3) is 0 Å². The zero-order chi connectivity index (χ0) is 13.0. The summed E-state index contributed by atoms with van der Waals surface area (Å²) in [5.74, 6) is -2.30. The summed E-state index contributed by atoms with van der Waals surface area (Å²) >= 11 is 0. The van der Waals surface area contributed by atoms with Gasteiger partial charge in [-0.25, -0.2) is 9.18 Å². The molecule has 0 radical (unpaired) electrons. The minimum atomic E-state index is -1.39. The number of aryl methyl sites for hydroxylation is 1. The first kappa shape index (κ1) is 13.5. The summed E-state index contributed by atoms with van der Waals surface area (Å²) in [6.45, 7) is 4.00. The van der Waals surface area contributed by atoms with Crippen LogP contribution in [0.4, 0.5) is 4.39 Å². The lowest BCUT2D eigenvalue weighted by atomic mass is 9.78. The second-order valence-electron chi connectivity index (χ2n) is 3.33. The molecule has 1 aromatic rings. The zero-order valence-electron chi connectivity index (χ0n) is 9.74. The molecular formula is C11H14BFO4. The van der Waals surface area contributed by atoms with Crippen molar-refractivity contribution in [1.82, 2.24) is 0 Å². The second-order valence-corrected chi connectivity index (χ2v) is 3.33. The Morgan fingerprint density at radius 1 is 1.47 bits per heavy atom. The third kappa shape index (κ3) is 2.76. The maximum absolute atomic E-state index is 13.2. The van der Waals surface area contributed by atoms with Crippen LogP contribution in [-0.4, -0.2) is 23.2 Å². The molecule has 6 heteroatoms. The number of rotatable bonds is 1. The molecule has 1 aliphatic heterocycles. The van der Waals surface area contributed by atoms with Crippen LogP contribution in [0.1, 0.15) is 29.8 Å². The fraction of sp³-hybridized carbons (Fsp3) is 0.364. The van der Waals surface area contributed by atoms with E-state index in [1.807, 2.05) is 13.8 Å². The molecule has 0 aliphatic carbocycles. The lowest BCUT2D eigenvalue weighted by Crippen LogP contribution is -2.28. The SMILES string of the molecule is CC.O=C(O)c1c(F)ccc2c1OB(O)CC2. The Kier molecular flexibility index (Phi) is 4.51. The summed E-state index contributed by atoms with van der Waals surface area (Å²) in [6.07, 6.45) is 0.870. The molecular weight excluding hydrogens is 226 g/mol. The normalized spacial score (nSPS) is 13.1. The number of carboxylic acids is 1. The summed E-state index contributed by atoms with van der Waals surface area (Å²) in [6, 6.07) is 2.58. The monoisotopic (exact) mass is 240 g/mol. The molecule has 92 valence electrons. The Hall–Kier alpha value is -1.56. The number of carbonyl (C=O) groups is 1. The van der Waals surface area contributed by atoms with Crippen LogP contribution in [0.5, 0.6) is 5.75 Å². The van der Waals surface area contributed by atoms with Gasteiger partial charge in [-0.15, -0.1) is 0 Å². The van der Waals surface area contributed by atoms with Crippen molar-refractivity contribution >= 4 is 13.1 Å². The van der Waals surface area contributed by atoms with Crippen molar-refractivity contribution in [2.24, 2.45) is 0 Å². The van der Waals surface area contributed by atoms with Crippen LogP contribution in [0.3, 0.4) is 0 Å². The fourth-order valence-corrected chi connectivity index (χ4v) is 1.61. The van der Waals surface area contributed by atoms with Crippen molar-refractivity contribution in [2.45, 2.75) is 26.6 Å². The van der Waals surface area contributed by atoms with Gasteiger partial charge in [-0.05, 0) is 24.4 Å². The lowest BCUT2D eigenvalue weighted by Gasteiger charge is -2.21. The van der Waals surface area contributed by atoms with E-state index >= 15 is 0 Å². The number of aromatic carboxylic acids is 1. The highest BCUT2D eigenvalue weighted by molar-refractivity contribution is 6.44. The Morgan fingerprint density at radius 3 is 2.71 bits per heavy atom. The zero-order valence-corrected chi connectivity index (χ0v) is 9.74. The van der Waals surface area contributed by atoms with Crippen molar-refractivity contribution < 1.29 is 24.0 Å². The van der Waals surface area contributed by atoms with E-state index in [-0.39, 0.29) is 5.75 Å². The molecule has 4 nitrogen and oxygen atoms in total. The highest BCUT2D eigenvalue weighted by Crippen LogP contribution is 2.31. The predicted octanol–water partition coefficient (Wildman–Crippen LogP) is 1.97. The topological polar surface area (TPSA) is 66.8 Å². The Bertz CT molecular complexity index is 422. The van der Waals surface area contributed by atoms with E-state index in [4.69, 9.17) is 9.76 Å². The fourth-order valence-electron chi connectivity index (χ4n) is 1.61. The number of hydrogen-bond donors (Lipinski definition) is 2. The number of halogens is 1. The molecule has 1 aromatic carbocycles. The van der Waals surface area contributed by atoms with E-state index in [9.17, 15) is 14.2 Å². The van der Waals surface area contributed by atoms with Gasteiger partial charge in [-0.1, -0.05) is 19.9 Å². The van der Waals surface area contributed by atoms with Crippen molar-refractivity contribution in [2.75, 3.05) is 0 Å². The molecule has 0 atom stereocenters. The van der Waals surface area contributed by atoms with Gasteiger partial charge in [-0.3, -0.25) is 0 Å². The average molecular weight is 240 g/mol. The van der Waals surface area contributed by atoms with Crippen LogP contribution >= 0.6 is 0 Å². The molecule has 0 unspecified atom stereocenters. The quantitative estimate of drug-likeness (QED) is 0.736. The summed E-state index contributed by atoms with van der Waals surface area (Å²) in [5, 5.41) is 18.0. The third-order valence-electron chi connectivity index (χ3n) is 2.32. The minimum Gasteiger partial charge on any atom is -0.535 e. The summed E-state index contributed by atoms with van der Waals surface area (Å²) in [7, 11) is -1.06. The van der Waals surface area contributed by atoms with Crippen LogP contribution in [0.25, 0.3) is 0 Å². The van der Waals surface area contributed by atoms with Crippen LogP contribution in [0.15, 0.2) is 12.1 Å². The highest BCUT2D eigenvalue weighted by atomic mass is 19.1. The molecule has 0 amide bonds. The van der Waals surface area contributed by atoms with E-state index in [2.05, 4.69) is 0 Å². The molecule has 1 heterocycles. The molecule has 1 aliphatic rings.